The molecule has 0 saturated carbocycles. The SMILES string of the molecule is CC(CN1CCCCC1)Oc1ccccc1Cc1ccccc1.Cl. The maximum absolute atomic E-state index is 6.28. The average Bonchev–Trinajstić information content (AvgIpc) is 2.58. The summed E-state index contributed by atoms with van der Waals surface area (Å²) in [6.07, 6.45) is 5.19. The van der Waals surface area contributed by atoms with Crippen molar-refractivity contribution in [1.29, 1.82) is 0 Å². The van der Waals surface area contributed by atoms with Gasteiger partial charge in [-0.05, 0) is 50.0 Å². The Hall–Kier alpha value is -1.51. The Morgan fingerprint density at radius 3 is 2.33 bits per heavy atom. The largest absolute Gasteiger partial charge is 0.489 e. The Morgan fingerprint density at radius 2 is 1.58 bits per heavy atom. The number of benzene rings is 2. The summed E-state index contributed by atoms with van der Waals surface area (Å²) >= 11 is 0. The van der Waals surface area contributed by atoms with E-state index in [9.17, 15) is 0 Å². The molecule has 1 aliphatic heterocycles. The van der Waals surface area contributed by atoms with E-state index < -0.39 is 0 Å². The molecule has 1 atom stereocenters. The molecule has 1 aliphatic rings. The molecule has 0 N–H and O–H groups in total. The zero-order chi connectivity index (χ0) is 15.9. The van der Waals surface area contributed by atoms with Crippen LogP contribution in [-0.2, 0) is 6.42 Å². The van der Waals surface area contributed by atoms with Crippen LogP contribution in [0.5, 0.6) is 5.75 Å². The van der Waals surface area contributed by atoms with Gasteiger partial charge in [-0.15, -0.1) is 12.4 Å². The van der Waals surface area contributed by atoms with E-state index in [2.05, 4.69) is 66.4 Å². The Balaban J connectivity index is 0.00000208. The van der Waals surface area contributed by atoms with Crippen molar-refractivity contribution in [2.24, 2.45) is 0 Å². The second-order valence-corrected chi connectivity index (χ2v) is 6.56. The summed E-state index contributed by atoms with van der Waals surface area (Å²) < 4.78 is 6.28. The third kappa shape index (κ3) is 5.54. The van der Waals surface area contributed by atoms with E-state index in [0.29, 0.717) is 0 Å². The first-order chi connectivity index (χ1) is 11.3. The monoisotopic (exact) mass is 345 g/mol. The number of rotatable bonds is 6. The van der Waals surface area contributed by atoms with Crippen LogP contribution in [0.4, 0.5) is 0 Å². The molecule has 0 spiro atoms. The molecule has 130 valence electrons. The Bertz CT molecular complexity index is 596. The fraction of sp³-hybridized carbons (Fsp3) is 0.429. The summed E-state index contributed by atoms with van der Waals surface area (Å²) in [6.45, 7) is 5.66. The molecule has 0 amide bonds. The van der Waals surface area contributed by atoms with Gasteiger partial charge in [0.2, 0.25) is 0 Å². The highest BCUT2D eigenvalue weighted by Crippen LogP contribution is 2.23. The predicted molar refractivity (Wildman–Crippen MR) is 103 cm³/mol. The highest BCUT2D eigenvalue weighted by molar-refractivity contribution is 5.85. The summed E-state index contributed by atoms with van der Waals surface area (Å²) in [4.78, 5) is 2.54. The lowest BCUT2D eigenvalue weighted by atomic mass is 10.0. The fourth-order valence-corrected chi connectivity index (χ4v) is 3.34. The van der Waals surface area contributed by atoms with Crippen molar-refractivity contribution in [1.82, 2.24) is 4.90 Å². The molecule has 1 unspecified atom stereocenters. The number of halogens is 1. The van der Waals surface area contributed by atoms with Crippen LogP contribution in [0.25, 0.3) is 0 Å². The lowest BCUT2D eigenvalue weighted by Gasteiger charge is -2.29. The van der Waals surface area contributed by atoms with Crippen LogP contribution in [0.1, 0.15) is 37.3 Å². The summed E-state index contributed by atoms with van der Waals surface area (Å²) in [5, 5.41) is 0. The van der Waals surface area contributed by atoms with Crippen molar-refractivity contribution in [3.05, 3.63) is 65.7 Å². The number of hydrogen-bond donors (Lipinski definition) is 0. The lowest BCUT2D eigenvalue weighted by Crippen LogP contribution is -2.37. The molecule has 0 radical (unpaired) electrons. The van der Waals surface area contributed by atoms with Gasteiger partial charge in [-0.25, -0.2) is 0 Å². The van der Waals surface area contributed by atoms with E-state index in [0.717, 1.165) is 18.7 Å². The first kappa shape index (κ1) is 18.8. The quantitative estimate of drug-likeness (QED) is 0.734. The van der Waals surface area contributed by atoms with Crippen molar-refractivity contribution in [2.45, 2.75) is 38.7 Å². The smallest absolute Gasteiger partial charge is 0.123 e. The standard InChI is InChI=1S/C21H27NO.ClH/c1-18(17-22-14-8-3-9-15-22)23-21-13-7-6-12-20(21)16-19-10-4-2-5-11-19;/h2,4-7,10-13,18H,3,8-9,14-17H2,1H3;1H. The number of likely N-dealkylation sites (tertiary alicyclic amines) is 1. The molecule has 3 rings (SSSR count). The average molecular weight is 346 g/mol. The molecule has 0 bridgehead atoms. The van der Waals surface area contributed by atoms with Gasteiger partial charge in [-0.2, -0.15) is 0 Å². The predicted octanol–water partition coefficient (Wildman–Crippen LogP) is 4.95. The maximum Gasteiger partial charge on any atom is 0.123 e. The zero-order valence-electron chi connectivity index (χ0n) is 14.5. The van der Waals surface area contributed by atoms with Gasteiger partial charge in [0, 0.05) is 13.0 Å². The first-order valence-corrected chi connectivity index (χ1v) is 8.82. The summed E-state index contributed by atoms with van der Waals surface area (Å²) in [7, 11) is 0. The third-order valence-corrected chi connectivity index (χ3v) is 4.50. The fourth-order valence-electron chi connectivity index (χ4n) is 3.34. The number of nitrogens with zero attached hydrogens (tertiary/aromatic N) is 1. The molecule has 1 fully saturated rings. The Morgan fingerprint density at radius 1 is 0.917 bits per heavy atom. The summed E-state index contributed by atoms with van der Waals surface area (Å²) in [6, 6.07) is 19.0. The van der Waals surface area contributed by atoms with Gasteiger partial charge in [-0.1, -0.05) is 55.0 Å². The van der Waals surface area contributed by atoms with Crippen molar-refractivity contribution in [2.75, 3.05) is 19.6 Å². The van der Waals surface area contributed by atoms with Crippen LogP contribution in [0.2, 0.25) is 0 Å². The first-order valence-electron chi connectivity index (χ1n) is 8.82. The Labute approximate surface area is 152 Å². The molecule has 2 aromatic rings. The molecule has 3 heteroatoms. The number of piperidine rings is 1. The molecule has 2 aromatic carbocycles. The minimum absolute atomic E-state index is 0. The molecular weight excluding hydrogens is 318 g/mol. The zero-order valence-corrected chi connectivity index (χ0v) is 15.3. The van der Waals surface area contributed by atoms with Crippen LogP contribution in [0.3, 0.4) is 0 Å². The molecule has 0 aromatic heterocycles. The lowest BCUT2D eigenvalue weighted by molar-refractivity contribution is 0.129. The van der Waals surface area contributed by atoms with Gasteiger partial charge in [0.15, 0.2) is 0 Å². The van der Waals surface area contributed by atoms with E-state index in [-0.39, 0.29) is 18.5 Å². The van der Waals surface area contributed by atoms with E-state index >= 15 is 0 Å². The van der Waals surface area contributed by atoms with Crippen LogP contribution in [0.15, 0.2) is 54.6 Å². The molecular formula is C21H28ClNO. The van der Waals surface area contributed by atoms with Crippen molar-refractivity contribution < 1.29 is 4.74 Å². The van der Waals surface area contributed by atoms with Crippen LogP contribution < -0.4 is 4.74 Å². The van der Waals surface area contributed by atoms with E-state index in [4.69, 9.17) is 4.74 Å². The van der Waals surface area contributed by atoms with Gasteiger partial charge in [0.05, 0.1) is 0 Å². The second-order valence-electron chi connectivity index (χ2n) is 6.56. The van der Waals surface area contributed by atoms with Crippen LogP contribution in [0, 0.1) is 0 Å². The highest BCUT2D eigenvalue weighted by atomic mass is 35.5. The normalized spacial score (nSPS) is 16.2. The molecule has 24 heavy (non-hydrogen) atoms. The molecule has 1 heterocycles. The minimum atomic E-state index is 0. The van der Waals surface area contributed by atoms with Crippen molar-refractivity contribution >= 4 is 12.4 Å². The minimum Gasteiger partial charge on any atom is -0.489 e. The number of hydrogen-bond acceptors (Lipinski definition) is 2. The van der Waals surface area contributed by atoms with Crippen molar-refractivity contribution in [3.8, 4) is 5.75 Å². The van der Waals surface area contributed by atoms with Gasteiger partial charge in [0.1, 0.15) is 11.9 Å². The molecule has 2 nitrogen and oxygen atoms in total. The van der Waals surface area contributed by atoms with Crippen LogP contribution >= 0.6 is 12.4 Å². The van der Waals surface area contributed by atoms with Gasteiger partial charge < -0.3 is 4.74 Å². The molecule has 0 aliphatic carbocycles. The maximum atomic E-state index is 6.28. The van der Waals surface area contributed by atoms with E-state index in [1.54, 1.807) is 0 Å². The second kappa shape index (κ2) is 9.71. The third-order valence-electron chi connectivity index (χ3n) is 4.50. The number of para-hydroxylation sites is 1. The van der Waals surface area contributed by atoms with E-state index in [1.165, 1.54) is 43.5 Å². The van der Waals surface area contributed by atoms with Gasteiger partial charge in [-0.3, -0.25) is 4.90 Å². The molecule has 1 saturated heterocycles. The highest BCUT2D eigenvalue weighted by Gasteiger charge is 2.15. The van der Waals surface area contributed by atoms with Gasteiger partial charge >= 0.3 is 0 Å². The summed E-state index contributed by atoms with van der Waals surface area (Å²) in [5.74, 6) is 1.03. The van der Waals surface area contributed by atoms with E-state index in [1.807, 2.05) is 0 Å². The topological polar surface area (TPSA) is 12.5 Å². The number of ether oxygens (including phenoxy) is 1. The summed E-state index contributed by atoms with van der Waals surface area (Å²) in [5.41, 5.74) is 2.59. The van der Waals surface area contributed by atoms with Gasteiger partial charge in [0.25, 0.3) is 0 Å². The van der Waals surface area contributed by atoms with Crippen LogP contribution in [-0.4, -0.2) is 30.6 Å². The van der Waals surface area contributed by atoms with Crippen molar-refractivity contribution in [3.63, 3.8) is 0 Å². The Kier molecular flexibility index (Phi) is 7.61.